The van der Waals surface area contributed by atoms with Crippen LogP contribution in [0.2, 0.25) is 0 Å². The van der Waals surface area contributed by atoms with E-state index >= 15 is 0 Å². The Morgan fingerprint density at radius 2 is 1.62 bits per heavy atom. The standard InChI is InChI=1S/C17H18FN5O3/c18-12-5-2-6-13(19)14(12)16(25)22-8-7-21-15(24)10-3-1-4-11(9-10)23-17(20)26/h1-6,9H,7-8,19H2,(H,21,24)(H,22,25)(H3,20,23,26). The molecule has 0 saturated carbocycles. The third-order valence-electron chi connectivity index (χ3n) is 3.36. The Morgan fingerprint density at radius 1 is 0.962 bits per heavy atom. The van der Waals surface area contributed by atoms with Crippen LogP contribution in [0.3, 0.4) is 0 Å². The van der Waals surface area contributed by atoms with Gasteiger partial charge in [-0.3, -0.25) is 9.59 Å². The fourth-order valence-electron chi connectivity index (χ4n) is 2.20. The SMILES string of the molecule is NC(=O)Nc1cccc(C(=O)NCCNC(=O)c2c(N)cccc2F)c1. The molecule has 0 aliphatic carbocycles. The van der Waals surface area contributed by atoms with E-state index in [9.17, 15) is 18.8 Å². The van der Waals surface area contributed by atoms with E-state index in [1.165, 1.54) is 18.2 Å². The minimum absolute atomic E-state index is 0.0327. The summed E-state index contributed by atoms with van der Waals surface area (Å²) >= 11 is 0. The van der Waals surface area contributed by atoms with E-state index in [-0.39, 0.29) is 24.3 Å². The van der Waals surface area contributed by atoms with E-state index in [1.807, 2.05) is 0 Å². The largest absolute Gasteiger partial charge is 0.398 e. The Morgan fingerprint density at radius 3 is 2.27 bits per heavy atom. The summed E-state index contributed by atoms with van der Waals surface area (Å²) in [7, 11) is 0. The van der Waals surface area contributed by atoms with E-state index in [1.54, 1.807) is 18.2 Å². The average Bonchev–Trinajstić information content (AvgIpc) is 2.58. The molecule has 0 radical (unpaired) electrons. The van der Waals surface area contributed by atoms with Crippen LogP contribution >= 0.6 is 0 Å². The van der Waals surface area contributed by atoms with Crippen molar-refractivity contribution < 1.29 is 18.8 Å². The molecule has 0 heterocycles. The van der Waals surface area contributed by atoms with Crippen LogP contribution in [0.4, 0.5) is 20.6 Å². The zero-order valence-electron chi connectivity index (χ0n) is 13.7. The van der Waals surface area contributed by atoms with Crippen LogP contribution in [0.25, 0.3) is 0 Å². The molecule has 0 fully saturated rings. The van der Waals surface area contributed by atoms with Gasteiger partial charge in [-0.05, 0) is 30.3 Å². The van der Waals surface area contributed by atoms with Gasteiger partial charge in [0.05, 0.1) is 5.56 Å². The van der Waals surface area contributed by atoms with E-state index in [0.29, 0.717) is 11.3 Å². The van der Waals surface area contributed by atoms with E-state index in [0.717, 1.165) is 6.07 Å². The monoisotopic (exact) mass is 359 g/mol. The number of benzene rings is 2. The Kier molecular flexibility index (Phi) is 6.10. The third-order valence-corrected chi connectivity index (χ3v) is 3.36. The summed E-state index contributed by atoms with van der Waals surface area (Å²) in [5, 5.41) is 7.44. The second kappa shape index (κ2) is 8.47. The number of halogens is 1. The van der Waals surface area contributed by atoms with Crippen molar-refractivity contribution in [3.05, 3.63) is 59.4 Å². The molecule has 26 heavy (non-hydrogen) atoms. The number of hydrogen-bond acceptors (Lipinski definition) is 4. The highest BCUT2D eigenvalue weighted by Crippen LogP contribution is 2.15. The Bertz CT molecular complexity index is 821. The lowest BCUT2D eigenvalue weighted by atomic mass is 10.1. The lowest BCUT2D eigenvalue weighted by molar-refractivity contribution is 0.0926. The van der Waals surface area contributed by atoms with Gasteiger partial charge in [0.15, 0.2) is 0 Å². The fourth-order valence-corrected chi connectivity index (χ4v) is 2.20. The molecule has 2 aromatic rings. The highest BCUT2D eigenvalue weighted by molar-refractivity contribution is 5.99. The van der Waals surface area contributed by atoms with Gasteiger partial charge < -0.3 is 27.4 Å². The van der Waals surface area contributed by atoms with Crippen LogP contribution in [0, 0.1) is 5.82 Å². The zero-order valence-corrected chi connectivity index (χ0v) is 13.7. The number of hydrogen-bond donors (Lipinski definition) is 5. The maximum absolute atomic E-state index is 13.6. The maximum Gasteiger partial charge on any atom is 0.316 e. The molecule has 2 rings (SSSR count). The summed E-state index contributed by atoms with van der Waals surface area (Å²) in [6.45, 7) is 0.198. The second-order valence-electron chi connectivity index (χ2n) is 5.29. The first kappa shape index (κ1) is 18.7. The van der Waals surface area contributed by atoms with Crippen LogP contribution in [0.1, 0.15) is 20.7 Å². The van der Waals surface area contributed by atoms with Crippen LogP contribution in [0.15, 0.2) is 42.5 Å². The van der Waals surface area contributed by atoms with Gasteiger partial charge in [0.25, 0.3) is 11.8 Å². The topological polar surface area (TPSA) is 139 Å². The van der Waals surface area contributed by atoms with Crippen LogP contribution in [-0.4, -0.2) is 30.9 Å². The number of amides is 4. The Labute approximate surface area is 148 Å². The van der Waals surface area contributed by atoms with Gasteiger partial charge in [0.2, 0.25) is 0 Å². The Hall–Kier alpha value is -3.62. The highest BCUT2D eigenvalue weighted by atomic mass is 19.1. The number of rotatable bonds is 6. The van der Waals surface area contributed by atoms with E-state index in [4.69, 9.17) is 11.5 Å². The second-order valence-corrected chi connectivity index (χ2v) is 5.29. The summed E-state index contributed by atoms with van der Waals surface area (Å²) in [5.41, 5.74) is 11.1. The number of primary amides is 1. The van der Waals surface area contributed by atoms with Crippen LogP contribution < -0.4 is 27.4 Å². The number of nitrogen functional groups attached to an aromatic ring is 1. The van der Waals surface area contributed by atoms with Gasteiger partial charge in [-0.1, -0.05) is 12.1 Å². The van der Waals surface area contributed by atoms with Gasteiger partial charge in [-0.25, -0.2) is 9.18 Å². The van der Waals surface area contributed by atoms with Gasteiger partial charge in [-0.15, -0.1) is 0 Å². The number of nitrogens with one attached hydrogen (secondary N) is 3. The normalized spacial score (nSPS) is 10.0. The molecule has 0 bridgehead atoms. The molecule has 0 saturated heterocycles. The van der Waals surface area contributed by atoms with Gasteiger partial charge in [0, 0.05) is 30.0 Å². The predicted molar refractivity (Wildman–Crippen MR) is 95.1 cm³/mol. The van der Waals surface area contributed by atoms with Gasteiger partial charge >= 0.3 is 6.03 Å². The van der Waals surface area contributed by atoms with Crippen molar-refractivity contribution in [2.24, 2.45) is 5.73 Å². The number of carbonyl (C=O) groups is 3. The summed E-state index contributed by atoms with van der Waals surface area (Å²) in [5.74, 6) is -1.79. The number of anilines is 2. The minimum atomic E-state index is -0.738. The average molecular weight is 359 g/mol. The van der Waals surface area contributed by atoms with Crippen molar-refractivity contribution >= 4 is 29.2 Å². The quantitative estimate of drug-likeness (QED) is 0.389. The number of nitrogens with two attached hydrogens (primary N) is 2. The molecule has 0 aliphatic rings. The van der Waals surface area contributed by atoms with Crippen molar-refractivity contribution in [2.75, 3.05) is 24.1 Å². The molecule has 0 unspecified atom stereocenters. The molecule has 7 N–H and O–H groups in total. The molecular weight excluding hydrogens is 341 g/mol. The highest BCUT2D eigenvalue weighted by Gasteiger charge is 2.14. The molecule has 8 nitrogen and oxygen atoms in total. The van der Waals surface area contributed by atoms with Crippen molar-refractivity contribution in [1.82, 2.24) is 10.6 Å². The number of urea groups is 1. The first-order valence-electron chi connectivity index (χ1n) is 7.65. The molecular formula is C17H18FN5O3. The summed E-state index contributed by atoms with van der Waals surface area (Å²) in [6, 6.07) is 9.41. The smallest absolute Gasteiger partial charge is 0.316 e. The lowest BCUT2D eigenvalue weighted by Gasteiger charge is -2.10. The van der Waals surface area contributed by atoms with E-state index < -0.39 is 23.7 Å². The van der Waals surface area contributed by atoms with Crippen LogP contribution in [-0.2, 0) is 0 Å². The number of carbonyl (C=O) groups excluding carboxylic acids is 3. The van der Waals surface area contributed by atoms with E-state index in [2.05, 4.69) is 16.0 Å². The molecule has 0 aromatic heterocycles. The molecule has 4 amide bonds. The molecule has 0 spiro atoms. The maximum atomic E-state index is 13.6. The summed E-state index contributed by atoms with van der Waals surface area (Å²) < 4.78 is 13.6. The van der Waals surface area contributed by atoms with Crippen molar-refractivity contribution in [3.63, 3.8) is 0 Å². The van der Waals surface area contributed by atoms with Crippen LogP contribution in [0.5, 0.6) is 0 Å². The van der Waals surface area contributed by atoms with Gasteiger partial charge in [0.1, 0.15) is 5.82 Å². The molecule has 9 heteroatoms. The lowest BCUT2D eigenvalue weighted by Crippen LogP contribution is -2.35. The van der Waals surface area contributed by atoms with Crippen molar-refractivity contribution in [1.29, 1.82) is 0 Å². The van der Waals surface area contributed by atoms with Gasteiger partial charge in [-0.2, -0.15) is 0 Å². The van der Waals surface area contributed by atoms with Crippen molar-refractivity contribution in [3.8, 4) is 0 Å². The molecule has 2 aromatic carbocycles. The molecule has 0 atom stereocenters. The third kappa shape index (κ3) is 4.94. The fraction of sp³-hybridized carbons (Fsp3) is 0.118. The molecule has 0 aliphatic heterocycles. The van der Waals surface area contributed by atoms with Crippen molar-refractivity contribution in [2.45, 2.75) is 0 Å². The zero-order chi connectivity index (χ0) is 19.1. The first-order valence-corrected chi connectivity index (χ1v) is 7.65. The first-order chi connectivity index (χ1) is 12.4. The minimum Gasteiger partial charge on any atom is -0.398 e. The summed E-state index contributed by atoms with van der Waals surface area (Å²) in [6.07, 6.45) is 0. The Balaban J connectivity index is 1.85. The summed E-state index contributed by atoms with van der Waals surface area (Å²) in [4.78, 5) is 34.8. The predicted octanol–water partition coefficient (Wildman–Crippen LogP) is 1.06. The molecule has 136 valence electrons.